The van der Waals surface area contributed by atoms with Crippen LogP contribution in [0.25, 0.3) is 0 Å². The molecule has 3 aliphatic rings. The predicted molar refractivity (Wildman–Crippen MR) is 144 cm³/mol. The highest BCUT2D eigenvalue weighted by Crippen LogP contribution is 2.44. The van der Waals surface area contributed by atoms with Gasteiger partial charge in [-0.1, -0.05) is 37.6 Å². The Morgan fingerprint density at radius 2 is 1.97 bits per heavy atom. The maximum atomic E-state index is 14.9. The van der Waals surface area contributed by atoms with E-state index in [2.05, 4.69) is 0 Å². The Morgan fingerprint density at radius 1 is 1.15 bits per heavy atom. The van der Waals surface area contributed by atoms with Crippen molar-refractivity contribution in [1.82, 2.24) is 0 Å². The monoisotopic (exact) mass is 550 g/mol. The second kappa shape index (κ2) is 14.6. The summed E-state index contributed by atoms with van der Waals surface area (Å²) in [6, 6.07) is 8.64. The summed E-state index contributed by atoms with van der Waals surface area (Å²) in [7, 11) is 0. The number of alkyl halides is 2. The zero-order valence-corrected chi connectivity index (χ0v) is 23.0. The van der Waals surface area contributed by atoms with Gasteiger partial charge in [0.25, 0.3) is 5.92 Å². The summed E-state index contributed by atoms with van der Waals surface area (Å²) in [6.45, 7) is 2.51. The summed E-state index contributed by atoms with van der Waals surface area (Å²) < 4.78 is 53.6. The average molecular weight is 551 g/mol. The molecule has 2 heterocycles. The highest BCUT2D eigenvalue weighted by atomic mass is 19.3. The third-order valence-electron chi connectivity index (χ3n) is 8.43. The Kier molecular flexibility index (Phi) is 11.2. The van der Waals surface area contributed by atoms with Crippen molar-refractivity contribution in [3.63, 3.8) is 0 Å². The van der Waals surface area contributed by atoms with Crippen LogP contribution in [0.5, 0.6) is 5.75 Å². The molecule has 2 unspecified atom stereocenters. The summed E-state index contributed by atoms with van der Waals surface area (Å²) in [5.41, 5.74) is 0. The van der Waals surface area contributed by atoms with Crippen LogP contribution < -0.4 is 4.74 Å². The van der Waals surface area contributed by atoms with E-state index in [9.17, 15) is 18.7 Å². The number of carboxylic acids is 1. The summed E-state index contributed by atoms with van der Waals surface area (Å²) in [4.78, 5) is 11.6. The number of hydrogen-bond acceptors (Lipinski definition) is 5. The molecule has 4 rings (SSSR count). The van der Waals surface area contributed by atoms with Crippen LogP contribution in [-0.2, 0) is 19.0 Å². The van der Waals surface area contributed by atoms with Crippen LogP contribution in [0.15, 0.2) is 42.5 Å². The molecule has 1 N–H and O–H groups in total. The Labute approximate surface area is 231 Å². The number of hydrogen-bond donors (Lipinski definition) is 1. The zero-order valence-electron chi connectivity index (χ0n) is 23.0. The van der Waals surface area contributed by atoms with E-state index >= 15 is 0 Å². The summed E-state index contributed by atoms with van der Waals surface area (Å²) in [5.74, 6) is -3.63. The van der Waals surface area contributed by atoms with Crippen LogP contribution in [0.1, 0.15) is 71.1 Å². The number of fused-ring (bicyclic) bond motifs is 1. The Morgan fingerprint density at radius 3 is 2.69 bits per heavy atom. The molecule has 8 heteroatoms. The SMILES string of the molecule is CCCC(CC[C@@H]1CC[C@@H]2[C@@H](C=CC(F)(F)COc3ccccc3)[C@H](OC3CCCCO3)C[C@@H]2OC1)C(=O)O. The third kappa shape index (κ3) is 8.98. The molecule has 1 aliphatic carbocycles. The van der Waals surface area contributed by atoms with E-state index in [1.165, 1.54) is 0 Å². The lowest BCUT2D eigenvalue weighted by atomic mass is 9.85. The molecule has 1 aromatic carbocycles. The number of carbonyl (C=O) groups is 1. The fourth-order valence-electron chi connectivity index (χ4n) is 6.25. The van der Waals surface area contributed by atoms with Crippen LogP contribution in [0.2, 0.25) is 0 Å². The van der Waals surface area contributed by atoms with Gasteiger partial charge < -0.3 is 24.1 Å². The summed E-state index contributed by atoms with van der Waals surface area (Å²) in [6.07, 6.45) is 10.2. The summed E-state index contributed by atoms with van der Waals surface area (Å²) in [5, 5.41) is 9.51. The molecule has 0 amide bonds. The molecule has 0 spiro atoms. The molecule has 1 aromatic rings. The lowest BCUT2D eigenvalue weighted by molar-refractivity contribution is -0.193. The molecule has 0 aromatic heterocycles. The van der Waals surface area contributed by atoms with Crippen molar-refractivity contribution in [2.75, 3.05) is 19.8 Å². The molecule has 2 saturated heterocycles. The minimum absolute atomic E-state index is 0.0663. The van der Waals surface area contributed by atoms with Crippen molar-refractivity contribution in [2.45, 2.75) is 95.6 Å². The normalized spacial score (nSPS) is 30.5. The van der Waals surface area contributed by atoms with Crippen LogP contribution in [0.4, 0.5) is 8.78 Å². The average Bonchev–Trinajstić information content (AvgIpc) is 3.13. The van der Waals surface area contributed by atoms with Crippen molar-refractivity contribution in [3.8, 4) is 5.75 Å². The van der Waals surface area contributed by atoms with Crippen molar-refractivity contribution in [1.29, 1.82) is 0 Å². The van der Waals surface area contributed by atoms with E-state index in [-0.39, 0.29) is 42.2 Å². The molecule has 2 aliphatic heterocycles. The lowest BCUT2D eigenvalue weighted by Crippen LogP contribution is -2.31. The molecule has 218 valence electrons. The highest BCUT2D eigenvalue weighted by molar-refractivity contribution is 5.69. The van der Waals surface area contributed by atoms with E-state index in [0.717, 1.165) is 51.0 Å². The Hall–Kier alpha value is -2.03. The van der Waals surface area contributed by atoms with E-state index in [4.69, 9.17) is 18.9 Å². The number of aliphatic carboxylic acids is 1. The van der Waals surface area contributed by atoms with Crippen molar-refractivity contribution < 1.29 is 37.6 Å². The minimum Gasteiger partial charge on any atom is -0.487 e. The van der Waals surface area contributed by atoms with Crippen LogP contribution in [0, 0.1) is 23.7 Å². The van der Waals surface area contributed by atoms with Crippen molar-refractivity contribution >= 4 is 5.97 Å². The second-order valence-electron chi connectivity index (χ2n) is 11.4. The topological polar surface area (TPSA) is 74.2 Å². The van der Waals surface area contributed by atoms with Crippen LogP contribution in [-0.4, -0.2) is 55.3 Å². The van der Waals surface area contributed by atoms with Gasteiger partial charge in [0.15, 0.2) is 12.9 Å². The van der Waals surface area contributed by atoms with Gasteiger partial charge in [-0.2, -0.15) is 8.78 Å². The van der Waals surface area contributed by atoms with Gasteiger partial charge in [-0.05, 0) is 81.4 Å². The third-order valence-corrected chi connectivity index (χ3v) is 8.43. The van der Waals surface area contributed by atoms with Crippen molar-refractivity contribution in [2.24, 2.45) is 23.7 Å². The van der Waals surface area contributed by atoms with Gasteiger partial charge in [0.2, 0.25) is 0 Å². The Balaban J connectivity index is 1.40. The number of para-hydroxylation sites is 1. The number of ether oxygens (including phenoxy) is 4. The predicted octanol–water partition coefficient (Wildman–Crippen LogP) is 6.88. The fourth-order valence-corrected chi connectivity index (χ4v) is 6.25. The molecule has 3 fully saturated rings. The zero-order chi connectivity index (χ0) is 27.7. The fraction of sp³-hybridized carbons (Fsp3) is 0.710. The molecular formula is C31H44F2O6. The molecule has 0 bridgehead atoms. The van der Waals surface area contributed by atoms with E-state index in [1.54, 1.807) is 30.3 Å². The van der Waals surface area contributed by atoms with Crippen LogP contribution >= 0.6 is 0 Å². The lowest BCUT2D eigenvalue weighted by Gasteiger charge is -2.29. The minimum atomic E-state index is -3.13. The second-order valence-corrected chi connectivity index (χ2v) is 11.4. The first-order valence-corrected chi connectivity index (χ1v) is 14.7. The van der Waals surface area contributed by atoms with Gasteiger partial charge in [0, 0.05) is 25.6 Å². The molecule has 1 saturated carbocycles. The number of carboxylic acid groups (broad SMARTS) is 1. The highest BCUT2D eigenvalue weighted by Gasteiger charge is 2.46. The van der Waals surface area contributed by atoms with Gasteiger partial charge in [-0.25, -0.2) is 0 Å². The first-order valence-electron chi connectivity index (χ1n) is 14.7. The van der Waals surface area contributed by atoms with Crippen LogP contribution in [0.3, 0.4) is 0 Å². The maximum absolute atomic E-state index is 14.9. The van der Waals surface area contributed by atoms with E-state index in [0.29, 0.717) is 38.2 Å². The quantitative estimate of drug-likeness (QED) is 0.270. The van der Waals surface area contributed by atoms with Crippen molar-refractivity contribution in [3.05, 3.63) is 42.5 Å². The molecule has 6 nitrogen and oxygen atoms in total. The van der Waals surface area contributed by atoms with Gasteiger partial charge >= 0.3 is 5.97 Å². The first kappa shape index (κ1) is 29.9. The molecular weight excluding hydrogens is 506 g/mol. The standard InChI is InChI=1S/C31H44F2O6/c1-2-8-23(30(34)35)14-12-22-13-15-25-26(16-17-31(32,33)21-38-24-9-4-3-5-10-24)28(19-27(25)37-20-22)39-29-11-6-7-18-36-29/h3-5,9-10,16-17,22-23,25-29H,2,6-8,11-15,18-21H2,1H3,(H,34,35)/t22-,23?,25-,26-,27+,28-,29?/m1/s1. The Bertz CT molecular complexity index is 904. The summed E-state index contributed by atoms with van der Waals surface area (Å²) >= 11 is 0. The maximum Gasteiger partial charge on any atom is 0.306 e. The van der Waals surface area contributed by atoms with E-state index in [1.807, 2.05) is 13.0 Å². The first-order chi connectivity index (χ1) is 18.8. The molecule has 0 radical (unpaired) electrons. The van der Waals surface area contributed by atoms with Gasteiger partial charge in [-0.3, -0.25) is 4.79 Å². The van der Waals surface area contributed by atoms with Gasteiger partial charge in [0.05, 0.1) is 18.1 Å². The largest absolute Gasteiger partial charge is 0.487 e. The smallest absolute Gasteiger partial charge is 0.306 e. The number of benzene rings is 1. The molecule has 7 atom stereocenters. The van der Waals surface area contributed by atoms with Gasteiger partial charge in [0.1, 0.15) is 5.75 Å². The number of halogens is 2. The van der Waals surface area contributed by atoms with Gasteiger partial charge in [-0.15, -0.1) is 0 Å². The van der Waals surface area contributed by atoms with E-state index < -0.39 is 18.5 Å². The molecule has 39 heavy (non-hydrogen) atoms. The number of rotatable bonds is 13.